The predicted octanol–water partition coefficient (Wildman–Crippen LogP) is 6.06. The largest absolute Gasteiger partial charge is 0.483 e. The quantitative estimate of drug-likeness (QED) is 0.261. The predicted molar refractivity (Wildman–Crippen MR) is 102 cm³/mol. The molecule has 0 bridgehead atoms. The number of nitrogens with zero attached hydrogens (tertiary/aromatic N) is 3. The topological polar surface area (TPSA) is 39.9 Å². The molecule has 0 spiro atoms. The van der Waals surface area contributed by atoms with E-state index in [1.54, 1.807) is 30.3 Å². The van der Waals surface area contributed by atoms with Crippen molar-refractivity contribution in [1.82, 2.24) is 14.5 Å². The Labute approximate surface area is 175 Å². The molecule has 4 rings (SSSR count). The molecule has 0 atom stereocenters. The van der Waals surface area contributed by atoms with Crippen LogP contribution in [0.4, 0.5) is 22.0 Å². The van der Waals surface area contributed by atoms with Gasteiger partial charge in [0.1, 0.15) is 17.5 Å². The fourth-order valence-electron chi connectivity index (χ4n) is 2.91. The molecule has 4 nitrogen and oxygen atoms in total. The Balaban J connectivity index is 1.87. The lowest BCUT2D eigenvalue weighted by atomic mass is 10.1. The summed E-state index contributed by atoms with van der Waals surface area (Å²) < 4.78 is 76.8. The van der Waals surface area contributed by atoms with Crippen LogP contribution in [-0.4, -0.2) is 14.5 Å². The first-order valence-corrected chi connectivity index (χ1v) is 9.30. The summed E-state index contributed by atoms with van der Waals surface area (Å²) in [6, 6.07) is 10.2. The average molecular weight is 484 g/mol. The number of hydrogen-bond acceptors (Lipinski definition) is 3. The monoisotopic (exact) mass is 483 g/mol. The number of halogens is 6. The standard InChI is InChI=1S/C20H11BrF5N3O/c21-16-7-13-15(8-27-16)29(10-28-13)14-6-12(20(24,25)26)17(22)19(18(14)23)30-9-11-4-2-1-3-5-11/h1-8,10H,9H2. The van der Waals surface area contributed by atoms with Crippen molar-refractivity contribution in [3.05, 3.63) is 82.4 Å². The zero-order chi connectivity index (χ0) is 21.5. The summed E-state index contributed by atoms with van der Waals surface area (Å²) >= 11 is 3.16. The Kier molecular flexibility index (Phi) is 5.19. The second kappa shape index (κ2) is 7.67. The summed E-state index contributed by atoms with van der Waals surface area (Å²) in [5.74, 6) is -4.21. The number of alkyl halides is 3. The zero-order valence-electron chi connectivity index (χ0n) is 14.9. The van der Waals surface area contributed by atoms with Crippen LogP contribution in [0.25, 0.3) is 16.7 Å². The highest BCUT2D eigenvalue weighted by Crippen LogP contribution is 2.40. The fraction of sp³-hybridized carbons (Fsp3) is 0.100. The van der Waals surface area contributed by atoms with E-state index in [1.807, 2.05) is 0 Å². The van der Waals surface area contributed by atoms with Gasteiger partial charge in [-0.15, -0.1) is 0 Å². The van der Waals surface area contributed by atoms with Crippen molar-refractivity contribution in [2.24, 2.45) is 0 Å². The van der Waals surface area contributed by atoms with E-state index in [9.17, 15) is 17.6 Å². The minimum absolute atomic E-state index is 0.242. The molecular weight excluding hydrogens is 473 g/mol. The molecule has 0 fully saturated rings. The van der Waals surface area contributed by atoms with Crippen molar-refractivity contribution in [2.45, 2.75) is 12.8 Å². The maximum absolute atomic E-state index is 15.2. The number of aromatic nitrogens is 3. The molecule has 0 N–H and O–H groups in total. The number of imidazole rings is 1. The number of rotatable bonds is 4. The first-order valence-electron chi connectivity index (χ1n) is 8.50. The number of ether oxygens (including phenoxy) is 1. The molecule has 0 aliphatic heterocycles. The Bertz CT molecular complexity index is 1220. The molecule has 154 valence electrons. The first kappa shape index (κ1) is 20.3. The lowest BCUT2D eigenvalue weighted by Crippen LogP contribution is -2.13. The van der Waals surface area contributed by atoms with E-state index >= 15 is 4.39 Å². The van der Waals surface area contributed by atoms with Gasteiger partial charge in [-0.25, -0.2) is 18.7 Å². The van der Waals surface area contributed by atoms with Crippen LogP contribution in [0.1, 0.15) is 11.1 Å². The van der Waals surface area contributed by atoms with Crippen molar-refractivity contribution in [3.8, 4) is 11.4 Å². The highest BCUT2D eigenvalue weighted by molar-refractivity contribution is 9.10. The van der Waals surface area contributed by atoms with Crippen LogP contribution in [0.2, 0.25) is 0 Å². The van der Waals surface area contributed by atoms with Crippen LogP contribution in [0, 0.1) is 11.6 Å². The van der Waals surface area contributed by atoms with Crippen LogP contribution < -0.4 is 4.74 Å². The van der Waals surface area contributed by atoms with Crippen LogP contribution in [0.3, 0.4) is 0 Å². The SMILES string of the molecule is Fc1c(-n2cnc3cc(Br)ncc32)cc(C(F)(F)F)c(F)c1OCc1ccccc1. The molecule has 4 aromatic rings. The maximum atomic E-state index is 15.2. The van der Waals surface area contributed by atoms with Gasteiger partial charge in [0, 0.05) is 0 Å². The third-order valence-corrected chi connectivity index (χ3v) is 4.77. The summed E-state index contributed by atoms with van der Waals surface area (Å²) in [6.45, 7) is -0.311. The molecule has 0 unspecified atom stereocenters. The minimum atomic E-state index is -5.06. The van der Waals surface area contributed by atoms with Gasteiger partial charge in [-0.1, -0.05) is 30.3 Å². The molecule has 2 aromatic heterocycles. The molecule has 2 heterocycles. The number of benzene rings is 2. The van der Waals surface area contributed by atoms with Crippen molar-refractivity contribution >= 4 is 27.0 Å². The lowest BCUT2D eigenvalue weighted by Gasteiger charge is -2.17. The van der Waals surface area contributed by atoms with Gasteiger partial charge in [0.2, 0.25) is 0 Å². The van der Waals surface area contributed by atoms with Crippen molar-refractivity contribution in [1.29, 1.82) is 0 Å². The van der Waals surface area contributed by atoms with Crippen molar-refractivity contribution < 1.29 is 26.7 Å². The second-order valence-electron chi connectivity index (χ2n) is 6.28. The molecular formula is C20H11BrF5N3O. The minimum Gasteiger partial charge on any atom is -0.483 e. The maximum Gasteiger partial charge on any atom is 0.419 e. The summed E-state index contributed by atoms with van der Waals surface area (Å²) in [5.41, 5.74) is -1.06. The molecule has 2 aromatic carbocycles. The van der Waals surface area contributed by atoms with E-state index in [0.717, 1.165) is 10.9 Å². The van der Waals surface area contributed by atoms with Gasteiger partial charge in [0.15, 0.2) is 17.4 Å². The van der Waals surface area contributed by atoms with E-state index < -0.39 is 34.8 Å². The Morgan fingerprint density at radius 2 is 1.73 bits per heavy atom. The Morgan fingerprint density at radius 3 is 2.43 bits per heavy atom. The van der Waals surface area contributed by atoms with Crippen LogP contribution in [0.15, 0.2) is 59.6 Å². The van der Waals surface area contributed by atoms with Gasteiger partial charge in [-0.3, -0.25) is 4.57 Å². The number of fused-ring (bicyclic) bond motifs is 1. The third kappa shape index (κ3) is 3.74. The highest BCUT2D eigenvalue weighted by atomic mass is 79.9. The van der Waals surface area contributed by atoms with Crippen LogP contribution >= 0.6 is 15.9 Å². The van der Waals surface area contributed by atoms with E-state index in [4.69, 9.17) is 4.74 Å². The van der Waals surface area contributed by atoms with E-state index in [1.165, 1.54) is 12.3 Å². The summed E-state index contributed by atoms with van der Waals surface area (Å²) in [4.78, 5) is 8.03. The molecule has 0 radical (unpaired) electrons. The van der Waals surface area contributed by atoms with Gasteiger partial charge < -0.3 is 4.74 Å². The van der Waals surface area contributed by atoms with E-state index in [2.05, 4.69) is 25.9 Å². The zero-order valence-corrected chi connectivity index (χ0v) is 16.5. The third-order valence-electron chi connectivity index (χ3n) is 4.33. The van der Waals surface area contributed by atoms with Gasteiger partial charge in [-0.05, 0) is 33.6 Å². The van der Waals surface area contributed by atoms with E-state index in [0.29, 0.717) is 21.7 Å². The summed E-state index contributed by atoms with van der Waals surface area (Å²) in [6.07, 6.45) is -2.61. The average Bonchev–Trinajstić information content (AvgIpc) is 3.10. The normalized spacial score (nSPS) is 11.8. The van der Waals surface area contributed by atoms with Gasteiger partial charge >= 0.3 is 6.18 Å². The second-order valence-corrected chi connectivity index (χ2v) is 7.10. The smallest absolute Gasteiger partial charge is 0.419 e. The van der Waals surface area contributed by atoms with Gasteiger partial charge in [0.05, 0.1) is 28.5 Å². The Morgan fingerprint density at radius 1 is 1.00 bits per heavy atom. The fourth-order valence-corrected chi connectivity index (χ4v) is 3.23. The molecule has 10 heteroatoms. The molecule has 30 heavy (non-hydrogen) atoms. The van der Waals surface area contributed by atoms with E-state index in [-0.39, 0.29) is 12.1 Å². The van der Waals surface area contributed by atoms with Gasteiger partial charge in [-0.2, -0.15) is 13.2 Å². The van der Waals surface area contributed by atoms with Crippen molar-refractivity contribution in [2.75, 3.05) is 0 Å². The highest BCUT2D eigenvalue weighted by Gasteiger charge is 2.38. The van der Waals surface area contributed by atoms with Crippen LogP contribution in [-0.2, 0) is 12.8 Å². The molecule has 0 aliphatic carbocycles. The molecule has 0 saturated carbocycles. The summed E-state index contributed by atoms with van der Waals surface area (Å²) in [5, 5.41) is 0. The molecule has 0 amide bonds. The first-order chi connectivity index (χ1) is 14.3. The van der Waals surface area contributed by atoms with Gasteiger partial charge in [0.25, 0.3) is 0 Å². The molecule has 0 saturated heterocycles. The Hall–Kier alpha value is -3.01. The number of hydrogen-bond donors (Lipinski definition) is 0. The summed E-state index contributed by atoms with van der Waals surface area (Å²) in [7, 11) is 0. The lowest BCUT2D eigenvalue weighted by molar-refractivity contribution is -0.140. The van der Waals surface area contributed by atoms with Crippen LogP contribution in [0.5, 0.6) is 5.75 Å². The number of pyridine rings is 1. The van der Waals surface area contributed by atoms with Crippen molar-refractivity contribution in [3.63, 3.8) is 0 Å². The molecule has 0 aliphatic rings.